The number of hydrogen-bond donors (Lipinski definition) is 1. The van der Waals surface area contributed by atoms with Gasteiger partial charge in [-0.2, -0.15) is 0 Å². The Balaban J connectivity index is 2.52. The average molecular weight is 313 g/mol. The van der Waals surface area contributed by atoms with Crippen molar-refractivity contribution in [1.82, 2.24) is 10.2 Å². The number of amides is 2. The van der Waals surface area contributed by atoms with Crippen molar-refractivity contribution in [3.63, 3.8) is 0 Å². The molecule has 0 spiro atoms. The number of alkyl halides is 1. The molecule has 2 amide bonds. The summed E-state index contributed by atoms with van der Waals surface area (Å²) in [4.78, 5) is 24.8. The van der Waals surface area contributed by atoms with Gasteiger partial charge in [0.15, 0.2) is 0 Å². The van der Waals surface area contributed by atoms with Crippen LogP contribution < -0.4 is 5.32 Å². The molecule has 0 aromatic heterocycles. The Morgan fingerprint density at radius 1 is 1.28 bits per heavy atom. The van der Waals surface area contributed by atoms with Gasteiger partial charge in [0.2, 0.25) is 5.91 Å². The van der Waals surface area contributed by atoms with Gasteiger partial charge in [0.25, 0.3) is 5.91 Å². The van der Waals surface area contributed by atoms with Gasteiger partial charge in [-0.15, -0.1) is 0 Å². The van der Waals surface area contributed by atoms with Gasteiger partial charge in [-0.3, -0.25) is 9.59 Å². The number of rotatable bonds is 5. The standard InChI is InChI=1S/C13H17BrN2O2/c1-3-16(2)12(17)9-15-13(18)11-6-4-10(8-14)5-7-11/h4-7H,3,8-9H2,1-2H3,(H,15,18). The lowest BCUT2D eigenvalue weighted by Gasteiger charge is -2.14. The fraction of sp³-hybridized carbons (Fsp3) is 0.385. The molecule has 0 aliphatic carbocycles. The van der Waals surface area contributed by atoms with Gasteiger partial charge in [0, 0.05) is 24.5 Å². The second kappa shape index (κ2) is 7.16. The normalized spacial score (nSPS) is 9.94. The molecule has 0 bridgehead atoms. The molecule has 4 nitrogen and oxygen atoms in total. The Kier molecular flexibility index (Phi) is 5.85. The molecule has 1 aromatic rings. The third-order valence-corrected chi connectivity index (χ3v) is 3.32. The molecular weight excluding hydrogens is 296 g/mol. The minimum Gasteiger partial charge on any atom is -0.345 e. The van der Waals surface area contributed by atoms with Crippen LogP contribution in [0.3, 0.4) is 0 Å². The lowest BCUT2D eigenvalue weighted by atomic mass is 10.1. The van der Waals surface area contributed by atoms with E-state index in [1.807, 2.05) is 19.1 Å². The van der Waals surface area contributed by atoms with Gasteiger partial charge in [0.05, 0.1) is 6.54 Å². The molecule has 0 radical (unpaired) electrons. The number of nitrogens with zero attached hydrogens (tertiary/aromatic N) is 1. The second-order valence-electron chi connectivity index (χ2n) is 3.92. The van der Waals surface area contributed by atoms with E-state index in [2.05, 4.69) is 21.2 Å². The van der Waals surface area contributed by atoms with Crippen LogP contribution in [0.1, 0.15) is 22.8 Å². The summed E-state index contributed by atoms with van der Waals surface area (Å²) < 4.78 is 0. The van der Waals surface area contributed by atoms with Crippen LogP contribution in [0.4, 0.5) is 0 Å². The van der Waals surface area contributed by atoms with Crippen LogP contribution in [0, 0.1) is 0 Å². The predicted molar refractivity (Wildman–Crippen MR) is 74.7 cm³/mol. The van der Waals surface area contributed by atoms with Gasteiger partial charge in [-0.25, -0.2) is 0 Å². The first-order chi connectivity index (χ1) is 8.58. The molecule has 0 aliphatic heterocycles. The van der Waals surface area contributed by atoms with Gasteiger partial charge in [0.1, 0.15) is 0 Å². The second-order valence-corrected chi connectivity index (χ2v) is 4.48. The Morgan fingerprint density at radius 2 is 1.89 bits per heavy atom. The first-order valence-corrected chi connectivity index (χ1v) is 6.87. The molecule has 5 heteroatoms. The quantitative estimate of drug-likeness (QED) is 0.843. The lowest BCUT2D eigenvalue weighted by Crippen LogP contribution is -2.37. The number of likely N-dealkylation sites (N-methyl/N-ethyl adjacent to an activating group) is 1. The maximum atomic E-state index is 11.8. The lowest BCUT2D eigenvalue weighted by molar-refractivity contribution is -0.128. The summed E-state index contributed by atoms with van der Waals surface area (Å²) in [5.41, 5.74) is 1.67. The summed E-state index contributed by atoms with van der Waals surface area (Å²) in [6.07, 6.45) is 0. The van der Waals surface area contributed by atoms with E-state index in [1.165, 1.54) is 0 Å². The summed E-state index contributed by atoms with van der Waals surface area (Å²) in [6, 6.07) is 7.26. The highest BCUT2D eigenvalue weighted by molar-refractivity contribution is 9.08. The van der Waals surface area contributed by atoms with Crippen LogP contribution in [-0.4, -0.2) is 36.9 Å². The number of hydrogen-bond acceptors (Lipinski definition) is 2. The highest BCUT2D eigenvalue weighted by Gasteiger charge is 2.10. The van der Waals surface area contributed by atoms with Crippen molar-refractivity contribution in [3.8, 4) is 0 Å². The van der Waals surface area contributed by atoms with Crippen molar-refractivity contribution in [2.75, 3.05) is 20.1 Å². The third-order valence-electron chi connectivity index (χ3n) is 2.67. The van der Waals surface area contributed by atoms with E-state index in [-0.39, 0.29) is 18.4 Å². The third kappa shape index (κ3) is 4.14. The highest BCUT2D eigenvalue weighted by Crippen LogP contribution is 2.07. The zero-order valence-electron chi connectivity index (χ0n) is 10.6. The van der Waals surface area contributed by atoms with Crippen molar-refractivity contribution in [1.29, 1.82) is 0 Å². The molecular formula is C13H17BrN2O2. The molecule has 0 atom stereocenters. The smallest absolute Gasteiger partial charge is 0.251 e. The summed E-state index contributed by atoms with van der Waals surface area (Å²) >= 11 is 3.34. The van der Waals surface area contributed by atoms with Crippen molar-refractivity contribution in [2.24, 2.45) is 0 Å². The van der Waals surface area contributed by atoms with E-state index in [0.29, 0.717) is 12.1 Å². The molecule has 0 heterocycles. The highest BCUT2D eigenvalue weighted by atomic mass is 79.9. The molecule has 98 valence electrons. The van der Waals surface area contributed by atoms with Crippen LogP contribution >= 0.6 is 15.9 Å². The van der Waals surface area contributed by atoms with Gasteiger partial charge < -0.3 is 10.2 Å². The minimum atomic E-state index is -0.228. The molecule has 18 heavy (non-hydrogen) atoms. The molecule has 0 saturated carbocycles. The summed E-state index contributed by atoms with van der Waals surface area (Å²) in [7, 11) is 1.71. The summed E-state index contributed by atoms with van der Waals surface area (Å²) in [6.45, 7) is 2.55. The van der Waals surface area contributed by atoms with Gasteiger partial charge in [-0.05, 0) is 24.6 Å². The topological polar surface area (TPSA) is 49.4 Å². The van der Waals surface area contributed by atoms with E-state index in [9.17, 15) is 9.59 Å². The maximum Gasteiger partial charge on any atom is 0.251 e. The molecule has 0 fully saturated rings. The largest absolute Gasteiger partial charge is 0.345 e. The Labute approximate surface area is 115 Å². The molecule has 1 N–H and O–H groups in total. The van der Waals surface area contributed by atoms with Crippen molar-refractivity contribution in [3.05, 3.63) is 35.4 Å². The SMILES string of the molecule is CCN(C)C(=O)CNC(=O)c1ccc(CBr)cc1. The fourth-order valence-corrected chi connectivity index (χ4v) is 1.69. The maximum absolute atomic E-state index is 11.8. The van der Waals surface area contributed by atoms with Crippen molar-refractivity contribution >= 4 is 27.7 Å². The number of carbonyl (C=O) groups excluding carboxylic acids is 2. The summed E-state index contributed by atoms with van der Waals surface area (Å²) in [5.74, 6) is -0.322. The Morgan fingerprint density at radius 3 is 2.39 bits per heavy atom. The first kappa shape index (κ1) is 14.7. The molecule has 0 unspecified atom stereocenters. The van der Waals surface area contributed by atoms with Gasteiger partial charge in [-0.1, -0.05) is 28.1 Å². The van der Waals surface area contributed by atoms with E-state index >= 15 is 0 Å². The predicted octanol–water partition coefficient (Wildman–Crippen LogP) is 1.79. The Bertz CT molecular complexity index is 418. The minimum absolute atomic E-state index is 0.0311. The van der Waals surface area contributed by atoms with Gasteiger partial charge >= 0.3 is 0 Å². The van der Waals surface area contributed by atoms with E-state index < -0.39 is 0 Å². The van der Waals surface area contributed by atoms with E-state index in [1.54, 1.807) is 24.1 Å². The first-order valence-electron chi connectivity index (χ1n) is 5.75. The Hall–Kier alpha value is -1.36. The number of carbonyl (C=O) groups is 2. The van der Waals surface area contributed by atoms with Crippen LogP contribution in [0.5, 0.6) is 0 Å². The molecule has 1 aromatic carbocycles. The number of halogens is 1. The zero-order chi connectivity index (χ0) is 13.5. The van der Waals surface area contributed by atoms with E-state index in [0.717, 1.165) is 10.9 Å². The van der Waals surface area contributed by atoms with Crippen LogP contribution in [-0.2, 0) is 10.1 Å². The van der Waals surface area contributed by atoms with E-state index in [4.69, 9.17) is 0 Å². The summed E-state index contributed by atoms with van der Waals surface area (Å²) in [5, 5.41) is 3.37. The average Bonchev–Trinajstić information content (AvgIpc) is 2.43. The fourth-order valence-electron chi connectivity index (χ4n) is 1.31. The van der Waals surface area contributed by atoms with Crippen LogP contribution in [0.15, 0.2) is 24.3 Å². The molecule has 1 rings (SSSR count). The molecule has 0 saturated heterocycles. The van der Waals surface area contributed by atoms with Crippen LogP contribution in [0.2, 0.25) is 0 Å². The van der Waals surface area contributed by atoms with Crippen molar-refractivity contribution < 1.29 is 9.59 Å². The van der Waals surface area contributed by atoms with Crippen LogP contribution in [0.25, 0.3) is 0 Å². The monoisotopic (exact) mass is 312 g/mol. The zero-order valence-corrected chi connectivity index (χ0v) is 12.2. The number of benzene rings is 1. The van der Waals surface area contributed by atoms with Crippen molar-refractivity contribution in [2.45, 2.75) is 12.3 Å². The number of nitrogens with one attached hydrogen (secondary N) is 1. The molecule has 0 aliphatic rings.